The van der Waals surface area contributed by atoms with E-state index in [1.54, 1.807) is 11.4 Å². The molecule has 0 aliphatic carbocycles. The molecule has 1 aliphatic rings. The molecule has 8 heteroatoms. The molecule has 3 heterocycles. The van der Waals surface area contributed by atoms with Crippen LogP contribution in [0.2, 0.25) is 0 Å². The van der Waals surface area contributed by atoms with Crippen molar-refractivity contribution < 1.29 is 9.59 Å². The Morgan fingerprint density at radius 2 is 2.15 bits per heavy atom. The van der Waals surface area contributed by atoms with Gasteiger partial charge in [0.2, 0.25) is 5.91 Å². The number of carbonyl (C=O) groups excluding carboxylic acids is 2. The normalized spacial score (nSPS) is 19.9. The van der Waals surface area contributed by atoms with E-state index in [1.165, 1.54) is 23.0 Å². The number of likely N-dealkylation sites (N-methyl/N-ethyl adjacent to an activating group) is 1. The van der Waals surface area contributed by atoms with Gasteiger partial charge in [0.05, 0.1) is 5.39 Å². The van der Waals surface area contributed by atoms with Crippen LogP contribution < -0.4 is 5.56 Å². The highest BCUT2D eigenvalue weighted by molar-refractivity contribution is 7.71. The number of fused-ring (bicyclic) bond motifs is 1. The maximum atomic E-state index is 12.5. The monoisotopic (exact) mass is 309 g/mol. The number of hydrogen-bond acceptors (Lipinski definition) is 5. The molecule has 1 fully saturated rings. The van der Waals surface area contributed by atoms with Crippen LogP contribution in [0.25, 0.3) is 10.2 Å². The summed E-state index contributed by atoms with van der Waals surface area (Å²) in [6.07, 6.45) is 0.533. The lowest BCUT2D eigenvalue weighted by Crippen LogP contribution is -2.45. The summed E-state index contributed by atoms with van der Waals surface area (Å²) in [5.74, 6) is -0.622. The molecule has 0 saturated carbocycles. The van der Waals surface area contributed by atoms with Crippen LogP contribution in [0.4, 0.5) is 0 Å². The van der Waals surface area contributed by atoms with Gasteiger partial charge in [0.15, 0.2) is 4.77 Å². The molecule has 0 radical (unpaired) electrons. The fraction of sp³-hybridized carbons (Fsp3) is 0.333. The van der Waals surface area contributed by atoms with E-state index >= 15 is 0 Å². The first-order chi connectivity index (χ1) is 9.50. The highest BCUT2D eigenvalue weighted by Gasteiger charge is 2.34. The van der Waals surface area contributed by atoms with Crippen molar-refractivity contribution in [2.24, 2.45) is 0 Å². The first kappa shape index (κ1) is 13.2. The molecule has 1 N–H and O–H groups in total. The predicted molar refractivity (Wildman–Crippen MR) is 77.3 cm³/mol. The molecule has 6 nitrogen and oxygen atoms in total. The van der Waals surface area contributed by atoms with Gasteiger partial charge in [-0.3, -0.25) is 23.9 Å². The minimum Gasteiger partial charge on any atom is -0.323 e. The van der Waals surface area contributed by atoms with Crippen LogP contribution in [0.1, 0.15) is 18.9 Å². The Bertz CT molecular complexity index is 832. The third kappa shape index (κ3) is 1.83. The summed E-state index contributed by atoms with van der Waals surface area (Å²) in [6.45, 7) is 0. The average Bonchev–Trinajstić information content (AvgIpc) is 2.87. The molecular weight excluding hydrogens is 298 g/mol. The van der Waals surface area contributed by atoms with Crippen molar-refractivity contribution in [3.8, 4) is 0 Å². The molecule has 3 rings (SSSR count). The lowest BCUT2D eigenvalue weighted by Gasteiger charge is -2.28. The van der Waals surface area contributed by atoms with E-state index in [4.69, 9.17) is 12.2 Å². The number of H-pyrrole nitrogens is 1. The zero-order valence-corrected chi connectivity index (χ0v) is 12.2. The summed E-state index contributed by atoms with van der Waals surface area (Å²) >= 11 is 6.58. The third-order valence-electron chi connectivity index (χ3n) is 3.49. The van der Waals surface area contributed by atoms with E-state index in [0.29, 0.717) is 16.6 Å². The van der Waals surface area contributed by atoms with Gasteiger partial charge < -0.3 is 4.98 Å². The Morgan fingerprint density at radius 3 is 2.90 bits per heavy atom. The molecule has 0 aromatic carbocycles. The van der Waals surface area contributed by atoms with Crippen molar-refractivity contribution >= 4 is 45.6 Å². The second-order valence-electron chi connectivity index (χ2n) is 4.61. The van der Waals surface area contributed by atoms with E-state index in [2.05, 4.69) is 4.98 Å². The number of carbonyl (C=O) groups is 2. The smallest absolute Gasteiger partial charge is 0.263 e. The molecule has 2 amide bonds. The zero-order valence-electron chi connectivity index (χ0n) is 10.6. The molecule has 0 bridgehead atoms. The summed E-state index contributed by atoms with van der Waals surface area (Å²) in [7, 11) is 1.43. The number of amides is 2. The van der Waals surface area contributed by atoms with Crippen molar-refractivity contribution in [1.29, 1.82) is 0 Å². The number of imide groups is 1. The number of nitrogens with one attached hydrogen (secondary N) is 1. The summed E-state index contributed by atoms with van der Waals surface area (Å²) in [5.41, 5.74) is -0.286. The molecule has 104 valence electrons. The molecular formula is C12H11N3O3S2. The summed E-state index contributed by atoms with van der Waals surface area (Å²) < 4.78 is 1.50. The number of thiophene rings is 1. The van der Waals surface area contributed by atoms with Crippen molar-refractivity contribution in [3.05, 3.63) is 26.6 Å². The van der Waals surface area contributed by atoms with Crippen LogP contribution in [-0.2, 0) is 9.59 Å². The fourth-order valence-electron chi connectivity index (χ4n) is 2.37. The maximum absolute atomic E-state index is 12.5. The lowest BCUT2D eigenvalue weighted by molar-refractivity contribution is -0.149. The van der Waals surface area contributed by atoms with Gasteiger partial charge in [-0.05, 0) is 30.1 Å². The SMILES string of the molecule is CN1C(=O)CCC(n2c(=S)[nH]c3sccc3c2=O)C1=O. The summed E-state index contributed by atoms with van der Waals surface area (Å²) in [4.78, 5) is 40.9. The first-order valence-corrected chi connectivity index (χ1v) is 7.32. The topological polar surface area (TPSA) is 75.2 Å². The highest BCUT2D eigenvalue weighted by atomic mass is 32.1. The fourth-order valence-corrected chi connectivity index (χ4v) is 3.53. The molecule has 1 aliphatic heterocycles. The Balaban J connectivity index is 2.20. The molecule has 1 atom stereocenters. The molecule has 2 aromatic rings. The zero-order chi connectivity index (χ0) is 14.4. The highest BCUT2D eigenvalue weighted by Crippen LogP contribution is 2.23. The number of rotatable bonds is 1. The van der Waals surface area contributed by atoms with Crippen LogP contribution in [0.5, 0.6) is 0 Å². The van der Waals surface area contributed by atoms with Crippen LogP contribution in [0, 0.1) is 4.77 Å². The van der Waals surface area contributed by atoms with E-state index in [9.17, 15) is 14.4 Å². The lowest BCUT2D eigenvalue weighted by atomic mass is 10.0. The quantitative estimate of drug-likeness (QED) is 0.639. The van der Waals surface area contributed by atoms with E-state index in [1.807, 2.05) is 0 Å². The number of aromatic amines is 1. The molecule has 1 unspecified atom stereocenters. The summed E-state index contributed by atoms with van der Waals surface area (Å²) in [6, 6.07) is 0.991. The minimum absolute atomic E-state index is 0.214. The van der Waals surface area contributed by atoms with Gasteiger partial charge in [-0.2, -0.15) is 0 Å². The Morgan fingerprint density at radius 1 is 1.40 bits per heavy atom. The predicted octanol–water partition coefficient (Wildman–Crippen LogP) is 1.44. The Hall–Kier alpha value is -1.80. The van der Waals surface area contributed by atoms with Gasteiger partial charge in [0, 0.05) is 13.5 Å². The van der Waals surface area contributed by atoms with Crippen LogP contribution >= 0.6 is 23.6 Å². The molecule has 0 spiro atoms. The van der Waals surface area contributed by atoms with Crippen molar-refractivity contribution in [2.45, 2.75) is 18.9 Å². The number of piperidine rings is 1. The second kappa shape index (κ2) is 4.64. The standard InChI is InChI=1S/C12H11N3O3S2/c1-14-8(16)3-2-7(11(14)18)15-10(17)6-4-5-20-9(6)13-12(15)19/h4-5,7H,2-3H2,1H3,(H,13,19). The Kier molecular flexibility index (Phi) is 3.06. The average molecular weight is 309 g/mol. The van der Waals surface area contributed by atoms with Crippen molar-refractivity contribution in [2.75, 3.05) is 7.05 Å². The molecule has 2 aromatic heterocycles. The van der Waals surface area contributed by atoms with Gasteiger partial charge >= 0.3 is 0 Å². The van der Waals surface area contributed by atoms with Crippen molar-refractivity contribution in [1.82, 2.24) is 14.5 Å². The van der Waals surface area contributed by atoms with Crippen LogP contribution in [0.3, 0.4) is 0 Å². The maximum Gasteiger partial charge on any atom is 0.263 e. The van der Waals surface area contributed by atoms with Gasteiger partial charge in [-0.25, -0.2) is 0 Å². The third-order valence-corrected chi connectivity index (χ3v) is 4.62. The van der Waals surface area contributed by atoms with Crippen molar-refractivity contribution in [3.63, 3.8) is 0 Å². The van der Waals surface area contributed by atoms with Gasteiger partial charge in [-0.1, -0.05) is 0 Å². The first-order valence-electron chi connectivity index (χ1n) is 6.03. The van der Waals surface area contributed by atoms with E-state index < -0.39 is 11.9 Å². The van der Waals surface area contributed by atoms with Gasteiger partial charge in [0.25, 0.3) is 11.5 Å². The van der Waals surface area contributed by atoms with Crippen LogP contribution in [-0.4, -0.2) is 33.3 Å². The van der Waals surface area contributed by atoms with Gasteiger partial charge in [-0.15, -0.1) is 11.3 Å². The van der Waals surface area contributed by atoms with Gasteiger partial charge in [0.1, 0.15) is 10.9 Å². The molecule has 20 heavy (non-hydrogen) atoms. The summed E-state index contributed by atoms with van der Waals surface area (Å²) in [5, 5.41) is 2.30. The number of likely N-dealkylation sites (tertiary alicyclic amines) is 1. The number of nitrogens with zero attached hydrogens (tertiary/aromatic N) is 2. The molecule has 1 saturated heterocycles. The number of aromatic nitrogens is 2. The van der Waals surface area contributed by atoms with E-state index in [-0.39, 0.29) is 22.7 Å². The largest absolute Gasteiger partial charge is 0.323 e. The minimum atomic E-state index is -0.710. The van der Waals surface area contributed by atoms with Crippen LogP contribution in [0.15, 0.2) is 16.2 Å². The second-order valence-corrected chi connectivity index (χ2v) is 5.92. The van der Waals surface area contributed by atoms with E-state index in [0.717, 1.165) is 4.90 Å². The Labute approximate surface area is 122 Å². The number of hydrogen-bond donors (Lipinski definition) is 1.